The molecule has 0 aliphatic carbocycles. The van der Waals surface area contributed by atoms with Crippen LogP contribution in [0.15, 0.2) is 48.5 Å². The highest BCUT2D eigenvalue weighted by atomic mass is 35.5. The summed E-state index contributed by atoms with van der Waals surface area (Å²) in [7, 11) is 0. The van der Waals surface area contributed by atoms with Crippen LogP contribution in [0.1, 0.15) is 11.1 Å². The standard InChI is InChI=1S/C18H16ClNO4/c1-12-10-14(19)5-8-16(12)20-17(21)11-24-15-6-2-13(3-7-15)4-9-18(22)23/h2-10H,11H2,1H3,(H,20,21)(H,22,23)/b9-4+. The Balaban J connectivity index is 1.88. The maximum absolute atomic E-state index is 11.9. The summed E-state index contributed by atoms with van der Waals surface area (Å²) in [5.41, 5.74) is 2.28. The summed E-state index contributed by atoms with van der Waals surface area (Å²) in [6.07, 6.45) is 2.53. The van der Waals surface area contributed by atoms with Crippen LogP contribution in [0.5, 0.6) is 5.75 Å². The number of carboxylic acids is 1. The second-order valence-corrected chi connectivity index (χ2v) is 5.47. The summed E-state index contributed by atoms with van der Waals surface area (Å²) < 4.78 is 5.41. The second kappa shape index (κ2) is 8.17. The number of aryl methyl sites for hydroxylation is 1. The lowest BCUT2D eigenvalue weighted by Crippen LogP contribution is -2.20. The Morgan fingerprint density at radius 1 is 1.21 bits per heavy atom. The van der Waals surface area contributed by atoms with Crippen LogP contribution < -0.4 is 10.1 Å². The van der Waals surface area contributed by atoms with Crippen molar-refractivity contribution in [3.05, 3.63) is 64.7 Å². The molecule has 0 saturated heterocycles. The van der Waals surface area contributed by atoms with Gasteiger partial charge < -0.3 is 15.2 Å². The van der Waals surface area contributed by atoms with Gasteiger partial charge in [-0.25, -0.2) is 4.79 Å². The highest BCUT2D eigenvalue weighted by molar-refractivity contribution is 6.30. The SMILES string of the molecule is Cc1cc(Cl)ccc1NC(=O)COc1ccc(/C=C/C(=O)O)cc1. The number of carbonyl (C=O) groups excluding carboxylic acids is 1. The monoisotopic (exact) mass is 345 g/mol. The first-order valence-electron chi connectivity index (χ1n) is 7.14. The molecule has 0 radical (unpaired) electrons. The molecule has 124 valence electrons. The van der Waals surface area contributed by atoms with Gasteiger partial charge in [-0.05, 0) is 54.5 Å². The predicted octanol–water partition coefficient (Wildman–Crippen LogP) is 3.76. The summed E-state index contributed by atoms with van der Waals surface area (Å²) in [4.78, 5) is 22.4. The number of aliphatic carboxylic acids is 1. The summed E-state index contributed by atoms with van der Waals surface area (Å²) >= 11 is 5.87. The molecule has 1 amide bonds. The van der Waals surface area contributed by atoms with Crippen molar-refractivity contribution in [3.63, 3.8) is 0 Å². The Morgan fingerprint density at radius 2 is 1.92 bits per heavy atom. The number of carbonyl (C=O) groups is 2. The number of nitrogens with one attached hydrogen (secondary N) is 1. The zero-order chi connectivity index (χ0) is 17.5. The molecule has 0 aliphatic heterocycles. The summed E-state index contributed by atoms with van der Waals surface area (Å²) in [6, 6.07) is 12.0. The van der Waals surface area contributed by atoms with E-state index in [4.69, 9.17) is 21.4 Å². The predicted molar refractivity (Wildman–Crippen MR) is 93.4 cm³/mol. The Hall–Kier alpha value is -2.79. The van der Waals surface area contributed by atoms with Crippen LogP contribution in [0.2, 0.25) is 5.02 Å². The van der Waals surface area contributed by atoms with Crippen molar-refractivity contribution in [3.8, 4) is 5.75 Å². The lowest BCUT2D eigenvalue weighted by atomic mass is 10.2. The molecule has 0 aliphatic rings. The maximum Gasteiger partial charge on any atom is 0.328 e. The van der Waals surface area contributed by atoms with Crippen molar-refractivity contribution in [2.24, 2.45) is 0 Å². The van der Waals surface area contributed by atoms with Crippen LogP contribution in [0.3, 0.4) is 0 Å². The van der Waals surface area contributed by atoms with Gasteiger partial charge in [-0.1, -0.05) is 23.7 Å². The largest absolute Gasteiger partial charge is 0.484 e. The Kier molecular flexibility index (Phi) is 5.98. The molecule has 0 heterocycles. The van der Waals surface area contributed by atoms with Crippen LogP contribution in [0.25, 0.3) is 6.08 Å². The molecule has 6 heteroatoms. The van der Waals surface area contributed by atoms with Crippen molar-refractivity contribution in [2.45, 2.75) is 6.92 Å². The van der Waals surface area contributed by atoms with E-state index in [1.54, 1.807) is 42.5 Å². The molecule has 5 nitrogen and oxygen atoms in total. The highest BCUT2D eigenvalue weighted by Gasteiger charge is 2.06. The lowest BCUT2D eigenvalue weighted by Gasteiger charge is -2.10. The number of rotatable bonds is 6. The highest BCUT2D eigenvalue weighted by Crippen LogP contribution is 2.19. The van der Waals surface area contributed by atoms with E-state index in [1.165, 1.54) is 6.08 Å². The fourth-order valence-corrected chi connectivity index (χ4v) is 2.17. The first-order valence-corrected chi connectivity index (χ1v) is 7.52. The molecular weight excluding hydrogens is 330 g/mol. The summed E-state index contributed by atoms with van der Waals surface area (Å²) in [5, 5.41) is 11.9. The molecule has 0 spiro atoms. The van der Waals surface area contributed by atoms with E-state index < -0.39 is 5.97 Å². The fourth-order valence-electron chi connectivity index (χ4n) is 1.95. The third-order valence-electron chi connectivity index (χ3n) is 3.13. The normalized spacial score (nSPS) is 10.6. The number of halogens is 1. The smallest absolute Gasteiger partial charge is 0.328 e. The van der Waals surface area contributed by atoms with Gasteiger partial charge >= 0.3 is 5.97 Å². The quantitative estimate of drug-likeness (QED) is 0.781. The van der Waals surface area contributed by atoms with Crippen LogP contribution in [0, 0.1) is 6.92 Å². The van der Waals surface area contributed by atoms with E-state index in [-0.39, 0.29) is 12.5 Å². The lowest BCUT2D eigenvalue weighted by molar-refractivity contribution is -0.131. The first-order chi connectivity index (χ1) is 11.4. The van der Waals surface area contributed by atoms with Crippen molar-refractivity contribution >= 4 is 35.2 Å². The van der Waals surface area contributed by atoms with E-state index in [9.17, 15) is 9.59 Å². The second-order valence-electron chi connectivity index (χ2n) is 5.04. The van der Waals surface area contributed by atoms with E-state index in [2.05, 4.69) is 5.32 Å². The van der Waals surface area contributed by atoms with Gasteiger partial charge in [0.15, 0.2) is 6.61 Å². The van der Waals surface area contributed by atoms with Gasteiger partial charge in [0.25, 0.3) is 5.91 Å². The number of amides is 1. The number of hydrogen-bond donors (Lipinski definition) is 2. The number of ether oxygens (including phenoxy) is 1. The van der Waals surface area contributed by atoms with Crippen molar-refractivity contribution < 1.29 is 19.4 Å². The van der Waals surface area contributed by atoms with Gasteiger partial charge in [0.2, 0.25) is 0 Å². The summed E-state index contributed by atoms with van der Waals surface area (Å²) in [5.74, 6) is -0.773. The third-order valence-corrected chi connectivity index (χ3v) is 3.37. The molecule has 2 rings (SSSR count). The van der Waals surface area contributed by atoms with Crippen molar-refractivity contribution in [1.29, 1.82) is 0 Å². The minimum atomic E-state index is -1.01. The molecular formula is C18H16ClNO4. The van der Waals surface area contributed by atoms with E-state index in [0.29, 0.717) is 16.5 Å². The number of carboxylic acid groups (broad SMARTS) is 1. The Bertz CT molecular complexity index is 769. The van der Waals surface area contributed by atoms with Gasteiger partial charge in [0.1, 0.15) is 5.75 Å². The zero-order valence-corrected chi connectivity index (χ0v) is 13.7. The van der Waals surface area contributed by atoms with Crippen molar-refractivity contribution in [1.82, 2.24) is 0 Å². The van der Waals surface area contributed by atoms with Gasteiger partial charge in [-0.3, -0.25) is 4.79 Å². The van der Waals surface area contributed by atoms with Crippen LogP contribution in [-0.4, -0.2) is 23.6 Å². The molecule has 2 aromatic carbocycles. The number of anilines is 1. The van der Waals surface area contributed by atoms with E-state index >= 15 is 0 Å². The average Bonchev–Trinajstić information content (AvgIpc) is 2.54. The average molecular weight is 346 g/mol. The van der Waals surface area contributed by atoms with Crippen LogP contribution in [-0.2, 0) is 9.59 Å². The number of hydrogen-bond acceptors (Lipinski definition) is 3. The van der Waals surface area contributed by atoms with Gasteiger partial charge in [0, 0.05) is 16.8 Å². The topological polar surface area (TPSA) is 75.6 Å². The third kappa shape index (κ3) is 5.44. The van der Waals surface area contributed by atoms with Crippen molar-refractivity contribution in [2.75, 3.05) is 11.9 Å². The molecule has 2 N–H and O–H groups in total. The van der Waals surface area contributed by atoms with Gasteiger partial charge in [-0.15, -0.1) is 0 Å². The molecule has 0 fully saturated rings. The van der Waals surface area contributed by atoms with Crippen LogP contribution >= 0.6 is 11.6 Å². The minimum Gasteiger partial charge on any atom is -0.484 e. The Morgan fingerprint density at radius 3 is 2.54 bits per heavy atom. The summed E-state index contributed by atoms with van der Waals surface area (Å²) in [6.45, 7) is 1.72. The number of benzene rings is 2. The molecule has 0 bridgehead atoms. The van der Waals surface area contributed by atoms with E-state index in [1.807, 2.05) is 6.92 Å². The molecule has 0 atom stereocenters. The zero-order valence-electron chi connectivity index (χ0n) is 13.0. The molecule has 0 aromatic heterocycles. The molecule has 24 heavy (non-hydrogen) atoms. The van der Waals surface area contributed by atoms with Gasteiger partial charge in [-0.2, -0.15) is 0 Å². The minimum absolute atomic E-state index is 0.133. The van der Waals surface area contributed by atoms with Gasteiger partial charge in [0.05, 0.1) is 0 Å². The van der Waals surface area contributed by atoms with E-state index in [0.717, 1.165) is 17.2 Å². The first kappa shape index (κ1) is 17.6. The molecule has 2 aromatic rings. The van der Waals surface area contributed by atoms with Crippen LogP contribution in [0.4, 0.5) is 5.69 Å². The Labute approximate surface area is 144 Å². The maximum atomic E-state index is 11.9. The fraction of sp³-hybridized carbons (Fsp3) is 0.111. The molecule has 0 saturated carbocycles. The molecule has 0 unspecified atom stereocenters.